The fraction of sp³-hybridized carbons (Fsp3) is 0.750. The van der Waals surface area contributed by atoms with Gasteiger partial charge in [0.25, 0.3) is 0 Å². The van der Waals surface area contributed by atoms with Crippen LogP contribution < -0.4 is 5.73 Å². The largest absolute Gasteiger partial charge is 0.490 e. The molecule has 13 heavy (non-hydrogen) atoms. The van der Waals surface area contributed by atoms with Crippen molar-refractivity contribution in [3.05, 3.63) is 0 Å². The van der Waals surface area contributed by atoms with Crippen LogP contribution in [0.2, 0.25) is 0 Å². The Morgan fingerprint density at radius 1 is 1.15 bits per heavy atom. The van der Waals surface area contributed by atoms with E-state index in [-0.39, 0.29) is 0 Å². The molecule has 0 unspecified atom stereocenters. The summed E-state index contributed by atoms with van der Waals surface area (Å²) in [4.78, 5) is 8.90. The van der Waals surface area contributed by atoms with Crippen molar-refractivity contribution in [3.8, 4) is 0 Å². The summed E-state index contributed by atoms with van der Waals surface area (Å²) in [5.41, 5.74) is 4.18. The van der Waals surface area contributed by atoms with Crippen molar-refractivity contribution >= 4 is 5.97 Å². The molecule has 0 heterocycles. The van der Waals surface area contributed by atoms with Crippen LogP contribution in [0.5, 0.6) is 0 Å². The lowest BCUT2D eigenvalue weighted by Gasteiger charge is -1.96. The van der Waals surface area contributed by atoms with Crippen LogP contribution in [-0.4, -0.2) is 30.0 Å². The Labute approximate surface area is 68.1 Å². The molecule has 80 valence electrons. The minimum atomic E-state index is -5.08. The predicted octanol–water partition coefficient (Wildman–Crippen LogP) is 1.14. The Bertz CT molecular complexity index is 161. The first kappa shape index (κ1) is 14.5. The van der Waals surface area contributed by atoms with Gasteiger partial charge in [0, 0.05) is 0 Å². The Balaban J connectivity index is 0. The zero-order valence-electron chi connectivity index (χ0n) is 5.91. The third-order valence-electron chi connectivity index (χ3n) is 0.474. The molecule has 0 atom stereocenters. The molecular formula is C4H5F6NO2. The van der Waals surface area contributed by atoms with Crippen molar-refractivity contribution in [2.24, 2.45) is 5.73 Å². The van der Waals surface area contributed by atoms with Gasteiger partial charge in [0.15, 0.2) is 0 Å². The average Bonchev–Trinajstić information content (AvgIpc) is 1.85. The molecule has 3 nitrogen and oxygen atoms in total. The van der Waals surface area contributed by atoms with E-state index in [1.165, 1.54) is 0 Å². The Hall–Kier alpha value is -0.990. The summed E-state index contributed by atoms with van der Waals surface area (Å²) in [6.07, 6.45) is -9.26. The fourth-order valence-corrected chi connectivity index (χ4v) is 0. The quantitative estimate of drug-likeness (QED) is 0.593. The number of carboxylic acid groups (broad SMARTS) is 1. The zero-order chi connectivity index (χ0) is 11.3. The van der Waals surface area contributed by atoms with Crippen LogP contribution in [0.1, 0.15) is 0 Å². The second-order valence-corrected chi connectivity index (χ2v) is 1.62. The van der Waals surface area contributed by atoms with E-state index < -0.39 is 24.9 Å². The maximum Gasteiger partial charge on any atom is 0.490 e. The van der Waals surface area contributed by atoms with E-state index in [1.54, 1.807) is 0 Å². The molecule has 0 rings (SSSR count). The van der Waals surface area contributed by atoms with Gasteiger partial charge in [-0.1, -0.05) is 0 Å². The van der Waals surface area contributed by atoms with Crippen LogP contribution in [0.15, 0.2) is 0 Å². The van der Waals surface area contributed by atoms with Gasteiger partial charge in [-0.25, -0.2) is 4.79 Å². The first-order valence-electron chi connectivity index (χ1n) is 2.57. The summed E-state index contributed by atoms with van der Waals surface area (Å²) in [6.45, 7) is -1.23. The minimum absolute atomic E-state index is 1.23. The normalized spacial score (nSPS) is 11.6. The molecule has 0 amide bonds. The van der Waals surface area contributed by atoms with Crippen molar-refractivity contribution in [1.29, 1.82) is 0 Å². The molecule has 0 spiro atoms. The maximum atomic E-state index is 10.7. The highest BCUT2D eigenvalue weighted by Crippen LogP contribution is 2.13. The smallest absolute Gasteiger partial charge is 0.475 e. The van der Waals surface area contributed by atoms with E-state index >= 15 is 0 Å². The molecule has 0 saturated heterocycles. The lowest BCUT2D eigenvalue weighted by molar-refractivity contribution is -0.192. The standard InChI is InChI=1S/C2H4F3N.C2HF3O2/c3-2(4,5)1-6;3-2(4,5)1(6)7/h1,6H2;(H,6,7). The van der Waals surface area contributed by atoms with Gasteiger partial charge in [-0.15, -0.1) is 0 Å². The van der Waals surface area contributed by atoms with Crippen LogP contribution in [0.3, 0.4) is 0 Å². The van der Waals surface area contributed by atoms with E-state index in [0.717, 1.165) is 0 Å². The van der Waals surface area contributed by atoms with Crippen molar-refractivity contribution in [3.63, 3.8) is 0 Å². The monoisotopic (exact) mass is 213 g/mol. The van der Waals surface area contributed by atoms with Crippen LogP contribution in [0, 0.1) is 0 Å². The van der Waals surface area contributed by atoms with Crippen LogP contribution in [0.25, 0.3) is 0 Å². The average molecular weight is 213 g/mol. The second kappa shape index (κ2) is 4.90. The van der Waals surface area contributed by atoms with Crippen LogP contribution >= 0.6 is 0 Å². The number of alkyl halides is 6. The second-order valence-electron chi connectivity index (χ2n) is 1.62. The van der Waals surface area contributed by atoms with Gasteiger partial charge in [-0.05, 0) is 0 Å². The highest BCUT2D eigenvalue weighted by molar-refractivity contribution is 5.73. The van der Waals surface area contributed by atoms with Crippen molar-refractivity contribution < 1.29 is 36.2 Å². The summed E-state index contributed by atoms with van der Waals surface area (Å²) in [5.74, 6) is -2.76. The molecule has 0 aromatic heterocycles. The summed E-state index contributed by atoms with van der Waals surface area (Å²) < 4.78 is 63.7. The lowest BCUT2D eigenvalue weighted by Crippen LogP contribution is -2.21. The Morgan fingerprint density at radius 2 is 1.31 bits per heavy atom. The highest BCUT2D eigenvalue weighted by atomic mass is 19.4. The van der Waals surface area contributed by atoms with Crippen LogP contribution in [0.4, 0.5) is 26.3 Å². The Morgan fingerprint density at radius 3 is 1.31 bits per heavy atom. The molecule has 0 aliphatic carbocycles. The molecule has 0 saturated carbocycles. The maximum absolute atomic E-state index is 10.7. The summed E-state index contributed by atoms with van der Waals surface area (Å²) >= 11 is 0. The summed E-state index contributed by atoms with van der Waals surface area (Å²) in [6, 6.07) is 0. The zero-order valence-corrected chi connectivity index (χ0v) is 5.91. The third-order valence-corrected chi connectivity index (χ3v) is 0.474. The van der Waals surface area contributed by atoms with Crippen LogP contribution in [-0.2, 0) is 4.79 Å². The fourth-order valence-electron chi connectivity index (χ4n) is 0. The number of hydrogen-bond donors (Lipinski definition) is 2. The van der Waals surface area contributed by atoms with E-state index in [9.17, 15) is 26.3 Å². The molecule has 0 aromatic rings. The van der Waals surface area contributed by atoms with Gasteiger partial charge >= 0.3 is 18.3 Å². The number of carbonyl (C=O) groups is 1. The van der Waals surface area contributed by atoms with Crippen molar-refractivity contribution in [2.45, 2.75) is 12.4 Å². The molecule has 9 heteroatoms. The number of carboxylic acids is 1. The minimum Gasteiger partial charge on any atom is -0.475 e. The number of halogens is 6. The molecule has 3 N–H and O–H groups in total. The topological polar surface area (TPSA) is 63.3 Å². The first-order chi connectivity index (χ1) is 5.50. The molecule has 0 bridgehead atoms. The van der Waals surface area contributed by atoms with Crippen molar-refractivity contribution in [1.82, 2.24) is 0 Å². The van der Waals surface area contributed by atoms with Gasteiger partial charge in [0.05, 0.1) is 6.54 Å². The highest BCUT2D eigenvalue weighted by Gasteiger charge is 2.38. The lowest BCUT2D eigenvalue weighted by atomic mass is 10.7. The first-order valence-corrected chi connectivity index (χ1v) is 2.57. The summed E-state index contributed by atoms with van der Waals surface area (Å²) in [7, 11) is 0. The van der Waals surface area contributed by atoms with E-state index in [2.05, 4.69) is 5.73 Å². The molecule has 0 fully saturated rings. The Kier molecular flexibility index (Phi) is 5.47. The summed E-state index contributed by atoms with van der Waals surface area (Å²) in [5, 5.41) is 7.12. The van der Waals surface area contributed by atoms with Crippen molar-refractivity contribution in [2.75, 3.05) is 6.54 Å². The van der Waals surface area contributed by atoms with Gasteiger partial charge < -0.3 is 10.8 Å². The molecule has 0 aliphatic rings. The third kappa shape index (κ3) is 13.9. The van der Waals surface area contributed by atoms with Gasteiger partial charge in [0.1, 0.15) is 0 Å². The van der Waals surface area contributed by atoms with E-state index in [4.69, 9.17) is 9.90 Å². The van der Waals surface area contributed by atoms with Gasteiger partial charge in [-0.2, -0.15) is 26.3 Å². The number of aliphatic carboxylic acids is 1. The van der Waals surface area contributed by atoms with E-state index in [1.807, 2.05) is 0 Å². The molecular weight excluding hydrogens is 208 g/mol. The SMILES string of the molecule is NCC(F)(F)F.O=C(O)C(F)(F)F. The predicted molar refractivity (Wildman–Crippen MR) is 28.8 cm³/mol. The molecule has 0 radical (unpaired) electrons. The number of rotatable bonds is 0. The van der Waals surface area contributed by atoms with Gasteiger partial charge in [-0.3, -0.25) is 0 Å². The number of hydrogen-bond acceptors (Lipinski definition) is 2. The molecule has 0 aliphatic heterocycles. The number of nitrogens with two attached hydrogens (primary N) is 1. The molecule has 0 aromatic carbocycles. The van der Waals surface area contributed by atoms with Gasteiger partial charge in [0.2, 0.25) is 0 Å². The van der Waals surface area contributed by atoms with E-state index in [0.29, 0.717) is 0 Å².